The van der Waals surface area contributed by atoms with Crippen LogP contribution in [0.15, 0.2) is 52.0 Å². The number of carbonyl (C=O) groups is 1. The summed E-state index contributed by atoms with van der Waals surface area (Å²) in [6.45, 7) is 3.86. The number of thiophene rings is 1. The molecule has 1 N–H and O–H groups in total. The lowest BCUT2D eigenvalue weighted by Gasteiger charge is -2.02. The maximum absolute atomic E-state index is 12.4. The fourth-order valence-corrected chi connectivity index (χ4v) is 4.03. The third-order valence-corrected chi connectivity index (χ3v) is 5.76. The molecule has 122 valence electrons. The van der Waals surface area contributed by atoms with E-state index >= 15 is 0 Å². The lowest BCUT2D eigenvalue weighted by molar-refractivity contribution is 0.0959. The van der Waals surface area contributed by atoms with Crippen molar-refractivity contribution >= 4 is 60.6 Å². The molecule has 0 saturated carbocycles. The second kappa shape index (κ2) is 7.05. The van der Waals surface area contributed by atoms with E-state index in [0.717, 1.165) is 31.4 Å². The third kappa shape index (κ3) is 3.53. The van der Waals surface area contributed by atoms with Gasteiger partial charge in [-0.3, -0.25) is 4.79 Å². The van der Waals surface area contributed by atoms with Crippen LogP contribution in [0.2, 0.25) is 5.02 Å². The first-order valence-corrected chi connectivity index (χ1v) is 9.23. The average molecular weight is 422 g/mol. The molecule has 0 saturated heterocycles. The minimum absolute atomic E-state index is 0.296. The van der Waals surface area contributed by atoms with Crippen molar-refractivity contribution in [2.45, 2.75) is 13.8 Å². The molecule has 3 rings (SSSR count). The number of hydrazone groups is 1. The van der Waals surface area contributed by atoms with Gasteiger partial charge in [0.15, 0.2) is 0 Å². The van der Waals surface area contributed by atoms with Crippen LogP contribution in [0.25, 0.3) is 10.1 Å². The Morgan fingerprint density at radius 2 is 1.92 bits per heavy atom. The molecule has 0 spiro atoms. The van der Waals surface area contributed by atoms with E-state index in [2.05, 4.69) is 26.5 Å². The number of aryl methyl sites for hydroxylation is 1. The van der Waals surface area contributed by atoms with E-state index in [4.69, 9.17) is 11.6 Å². The van der Waals surface area contributed by atoms with Crippen molar-refractivity contribution in [3.63, 3.8) is 0 Å². The number of hydrogen-bond acceptors (Lipinski definition) is 3. The van der Waals surface area contributed by atoms with Crippen molar-refractivity contribution in [2.75, 3.05) is 0 Å². The Balaban J connectivity index is 1.83. The molecule has 3 nitrogen and oxygen atoms in total. The number of carbonyl (C=O) groups excluding carboxylic acids is 1. The molecule has 24 heavy (non-hydrogen) atoms. The van der Waals surface area contributed by atoms with E-state index in [9.17, 15) is 4.79 Å². The minimum atomic E-state index is -0.296. The second-order valence-electron chi connectivity index (χ2n) is 5.39. The summed E-state index contributed by atoms with van der Waals surface area (Å²) in [4.78, 5) is 12.9. The number of fused-ring (bicyclic) bond motifs is 1. The van der Waals surface area contributed by atoms with Crippen molar-refractivity contribution in [3.05, 3.63) is 68.0 Å². The zero-order valence-electron chi connectivity index (χ0n) is 13.1. The topological polar surface area (TPSA) is 41.5 Å². The van der Waals surface area contributed by atoms with Gasteiger partial charge in [-0.15, -0.1) is 11.3 Å². The van der Waals surface area contributed by atoms with Crippen molar-refractivity contribution in [2.24, 2.45) is 5.10 Å². The zero-order valence-corrected chi connectivity index (χ0v) is 16.2. The molecule has 1 amide bonds. The first kappa shape index (κ1) is 17.1. The molecule has 6 heteroatoms. The third-order valence-electron chi connectivity index (χ3n) is 3.58. The Morgan fingerprint density at radius 3 is 2.62 bits per heavy atom. The predicted octanol–water partition coefficient (Wildman–Crippen LogP) is 5.78. The molecule has 0 radical (unpaired) electrons. The predicted molar refractivity (Wildman–Crippen MR) is 105 cm³/mol. The first-order chi connectivity index (χ1) is 11.5. The average Bonchev–Trinajstić information content (AvgIpc) is 2.89. The Hall–Kier alpha value is -1.69. The van der Waals surface area contributed by atoms with E-state index in [-0.39, 0.29) is 5.91 Å². The van der Waals surface area contributed by atoms with Gasteiger partial charge in [0.1, 0.15) is 4.88 Å². The smallest absolute Gasteiger partial charge is 0.266 e. The molecule has 0 bridgehead atoms. The van der Waals surface area contributed by atoms with Crippen LogP contribution >= 0.6 is 38.9 Å². The van der Waals surface area contributed by atoms with Crippen LogP contribution in [-0.2, 0) is 0 Å². The molecule has 1 heterocycles. The quantitative estimate of drug-likeness (QED) is 0.423. The molecular weight excluding hydrogens is 408 g/mol. The Labute approximate surface area is 157 Å². The van der Waals surface area contributed by atoms with Gasteiger partial charge in [0.05, 0.1) is 10.7 Å². The summed E-state index contributed by atoms with van der Waals surface area (Å²) in [5, 5.41) is 5.55. The maximum Gasteiger partial charge on any atom is 0.283 e. The molecule has 0 aliphatic carbocycles. The highest BCUT2D eigenvalue weighted by Crippen LogP contribution is 2.35. The molecule has 0 atom stereocenters. The summed E-state index contributed by atoms with van der Waals surface area (Å²) >= 11 is 11.1. The van der Waals surface area contributed by atoms with Gasteiger partial charge in [-0.2, -0.15) is 5.10 Å². The zero-order chi connectivity index (χ0) is 17.3. The Morgan fingerprint density at radius 1 is 1.21 bits per heavy atom. The van der Waals surface area contributed by atoms with Gasteiger partial charge in [0.25, 0.3) is 5.91 Å². The van der Waals surface area contributed by atoms with E-state index in [0.29, 0.717) is 9.90 Å². The molecule has 0 fully saturated rings. The van der Waals surface area contributed by atoms with Gasteiger partial charge in [-0.05, 0) is 43.2 Å². The highest BCUT2D eigenvalue weighted by Gasteiger charge is 2.17. The largest absolute Gasteiger partial charge is 0.283 e. The number of nitrogens with one attached hydrogen (secondary N) is 1. The summed E-state index contributed by atoms with van der Waals surface area (Å²) in [6.07, 6.45) is 0. The van der Waals surface area contributed by atoms with E-state index in [1.165, 1.54) is 11.3 Å². The Bertz CT molecular complexity index is 948. The molecule has 2 aromatic carbocycles. The molecule has 3 aromatic rings. The molecule has 0 aliphatic heterocycles. The van der Waals surface area contributed by atoms with E-state index < -0.39 is 0 Å². The van der Waals surface area contributed by atoms with Gasteiger partial charge in [-0.25, -0.2) is 5.43 Å². The van der Waals surface area contributed by atoms with Crippen molar-refractivity contribution in [3.8, 4) is 0 Å². The van der Waals surface area contributed by atoms with Crippen molar-refractivity contribution in [1.82, 2.24) is 5.43 Å². The van der Waals surface area contributed by atoms with E-state index in [1.807, 2.05) is 56.3 Å². The molecular formula is C18H14BrClN2OS. The van der Waals surface area contributed by atoms with E-state index in [1.54, 1.807) is 0 Å². The number of halogens is 2. The van der Waals surface area contributed by atoms with Crippen molar-refractivity contribution in [1.29, 1.82) is 0 Å². The highest BCUT2D eigenvalue weighted by molar-refractivity contribution is 9.10. The maximum atomic E-state index is 12.4. The monoisotopic (exact) mass is 420 g/mol. The number of amides is 1. The number of benzene rings is 2. The van der Waals surface area contributed by atoms with Gasteiger partial charge >= 0.3 is 0 Å². The van der Waals surface area contributed by atoms with Crippen LogP contribution in [0.4, 0.5) is 0 Å². The summed E-state index contributed by atoms with van der Waals surface area (Å²) in [6, 6.07) is 13.7. The fraction of sp³-hybridized carbons (Fsp3) is 0.111. The van der Waals surface area contributed by atoms with Gasteiger partial charge in [0.2, 0.25) is 0 Å². The van der Waals surface area contributed by atoms with Crippen LogP contribution in [0.1, 0.15) is 27.7 Å². The summed E-state index contributed by atoms with van der Waals surface area (Å²) in [7, 11) is 0. The van der Waals surface area contributed by atoms with Gasteiger partial charge < -0.3 is 0 Å². The second-order valence-corrected chi connectivity index (χ2v) is 7.74. The van der Waals surface area contributed by atoms with Gasteiger partial charge in [0, 0.05) is 14.6 Å². The SMILES string of the molecule is C/C(=N\NC(=O)c1sc2cc(C)ccc2c1Cl)c1ccc(Br)cc1. The van der Waals surface area contributed by atoms with Crippen molar-refractivity contribution < 1.29 is 4.79 Å². The number of nitrogens with zero attached hydrogens (tertiary/aromatic N) is 1. The number of rotatable bonds is 3. The van der Waals surface area contributed by atoms with Gasteiger partial charge in [-0.1, -0.05) is 51.8 Å². The highest BCUT2D eigenvalue weighted by atomic mass is 79.9. The standard InChI is InChI=1S/C18H14BrClN2OS/c1-10-3-8-14-15(9-10)24-17(16(14)20)18(23)22-21-11(2)12-4-6-13(19)7-5-12/h3-9H,1-2H3,(H,22,23)/b21-11+. The Kier molecular flexibility index (Phi) is 5.04. The molecule has 0 unspecified atom stereocenters. The normalized spacial score (nSPS) is 11.8. The van der Waals surface area contributed by atoms with Crippen LogP contribution in [0.5, 0.6) is 0 Å². The van der Waals surface area contributed by atoms with Crippen LogP contribution in [0.3, 0.4) is 0 Å². The molecule has 1 aromatic heterocycles. The summed E-state index contributed by atoms with van der Waals surface area (Å²) in [5.41, 5.74) is 5.39. The fourth-order valence-electron chi connectivity index (χ4n) is 2.26. The minimum Gasteiger partial charge on any atom is -0.266 e. The summed E-state index contributed by atoms with van der Waals surface area (Å²) < 4.78 is 1.99. The lowest BCUT2D eigenvalue weighted by Crippen LogP contribution is -2.18. The number of hydrogen-bond donors (Lipinski definition) is 1. The van der Waals surface area contributed by atoms with Crippen LogP contribution in [0, 0.1) is 6.92 Å². The van der Waals surface area contributed by atoms with Crippen LogP contribution in [-0.4, -0.2) is 11.6 Å². The first-order valence-electron chi connectivity index (χ1n) is 7.25. The van der Waals surface area contributed by atoms with Crippen LogP contribution < -0.4 is 5.43 Å². The molecule has 0 aliphatic rings. The summed E-state index contributed by atoms with van der Waals surface area (Å²) in [5.74, 6) is -0.296. The lowest BCUT2D eigenvalue weighted by atomic mass is 10.1.